The average Bonchev–Trinajstić information content (AvgIpc) is 2.88. The molecule has 1 aliphatic rings. The molecule has 0 radical (unpaired) electrons. The highest BCUT2D eigenvalue weighted by atomic mass is 16.5. The fraction of sp³-hybridized carbons (Fsp3) is 0.562. The molecule has 0 N–H and O–H groups in total. The Labute approximate surface area is 133 Å². The van der Waals surface area contributed by atoms with Crippen LogP contribution < -0.4 is 5.56 Å². The summed E-state index contributed by atoms with van der Waals surface area (Å²) in [6.07, 6.45) is 4.50. The molecule has 0 amide bonds. The highest BCUT2D eigenvalue weighted by molar-refractivity contribution is 6.03. The third-order valence-corrected chi connectivity index (χ3v) is 4.01. The molecule has 0 bridgehead atoms. The zero-order valence-corrected chi connectivity index (χ0v) is 13.3. The molecule has 0 spiro atoms. The van der Waals surface area contributed by atoms with E-state index in [4.69, 9.17) is 13.9 Å². The number of hydrogen-bond donors (Lipinski definition) is 0. The first-order chi connectivity index (χ1) is 11.1. The molecule has 7 nitrogen and oxygen atoms in total. The maximum Gasteiger partial charge on any atom is 0.342 e. The maximum atomic E-state index is 12.7. The lowest BCUT2D eigenvalue weighted by Gasteiger charge is -2.22. The summed E-state index contributed by atoms with van der Waals surface area (Å²) in [6.45, 7) is 4.71. The molecule has 3 heterocycles. The lowest BCUT2D eigenvalue weighted by molar-refractivity contribution is 0.00534. The zero-order valence-electron chi connectivity index (χ0n) is 13.3. The second kappa shape index (κ2) is 6.54. The van der Waals surface area contributed by atoms with Gasteiger partial charge in [0.1, 0.15) is 23.0 Å². The van der Waals surface area contributed by atoms with Crippen molar-refractivity contribution in [1.82, 2.24) is 9.55 Å². The van der Waals surface area contributed by atoms with Gasteiger partial charge in [0.2, 0.25) is 5.71 Å². The van der Waals surface area contributed by atoms with Crippen molar-refractivity contribution in [3.63, 3.8) is 0 Å². The van der Waals surface area contributed by atoms with Gasteiger partial charge in [0.15, 0.2) is 0 Å². The van der Waals surface area contributed by atoms with E-state index in [0.717, 1.165) is 19.3 Å². The monoisotopic (exact) mass is 320 g/mol. The number of carbonyl (C=O) groups is 1. The van der Waals surface area contributed by atoms with Crippen LogP contribution in [0.25, 0.3) is 11.1 Å². The van der Waals surface area contributed by atoms with Crippen LogP contribution in [0.15, 0.2) is 15.5 Å². The molecule has 3 rings (SSSR count). The molecule has 2 aromatic rings. The van der Waals surface area contributed by atoms with Crippen LogP contribution in [0, 0.1) is 6.92 Å². The van der Waals surface area contributed by atoms with Crippen molar-refractivity contribution in [3.05, 3.63) is 28.0 Å². The lowest BCUT2D eigenvalue weighted by Crippen LogP contribution is -2.31. The SMILES string of the molecule is CCOC(=O)c1c(C)oc2ncn(C[C@H]3CCCCO3)c(=O)c12. The smallest absolute Gasteiger partial charge is 0.342 e. The van der Waals surface area contributed by atoms with Gasteiger partial charge in [-0.3, -0.25) is 9.36 Å². The molecule has 124 valence electrons. The molecule has 1 saturated heterocycles. The van der Waals surface area contributed by atoms with Gasteiger partial charge in [-0.1, -0.05) is 0 Å². The quantitative estimate of drug-likeness (QED) is 0.802. The Kier molecular flexibility index (Phi) is 4.47. The number of fused-ring (bicyclic) bond motifs is 1. The van der Waals surface area contributed by atoms with E-state index in [-0.39, 0.29) is 34.9 Å². The summed E-state index contributed by atoms with van der Waals surface area (Å²) in [5.41, 5.74) is 0.0266. The highest BCUT2D eigenvalue weighted by Crippen LogP contribution is 2.22. The van der Waals surface area contributed by atoms with Gasteiger partial charge in [-0.2, -0.15) is 0 Å². The predicted molar refractivity (Wildman–Crippen MR) is 82.6 cm³/mol. The summed E-state index contributed by atoms with van der Waals surface area (Å²) in [5, 5.41) is 0.180. The fourth-order valence-corrected chi connectivity index (χ4v) is 2.89. The van der Waals surface area contributed by atoms with Gasteiger partial charge in [0.05, 0.1) is 19.3 Å². The number of nitrogens with zero attached hydrogens (tertiary/aromatic N) is 2. The molecular weight excluding hydrogens is 300 g/mol. The van der Waals surface area contributed by atoms with Crippen LogP contribution in [-0.2, 0) is 16.0 Å². The number of rotatable bonds is 4. The molecule has 2 aromatic heterocycles. The van der Waals surface area contributed by atoms with Crippen LogP contribution >= 0.6 is 0 Å². The Morgan fingerprint density at radius 1 is 1.48 bits per heavy atom. The second-order valence-electron chi connectivity index (χ2n) is 5.62. The van der Waals surface area contributed by atoms with Gasteiger partial charge < -0.3 is 13.9 Å². The van der Waals surface area contributed by atoms with Crippen molar-refractivity contribution in [2.24, 2.45) is 0 Å². The minimum atomic E-state index is -0.561. The Hall–Kier alpha value is -2.15. The topological polar surface area (TPSA) is 83.6 Å². The molecule has 23 heavy (non-hydrogen) atoms. The van der Waals surface area contributed by atoms with Gasteiger partial charge in [-0.25, -0.2) is 9.78 Å². The maximum absolute atomic E-state index is 12.7. The van der Waals surface area contributed by atoms with Crippen LogP contribution in [-0.4, -0.2) is 34.8 Å². The lowest BCUT2D eigenvalue weighted by atomic mass is 10.1. The van der Waals surface area contributed by atoms with Gasteiger partial charge in [0.25, 0.3) is 5.56 Å². The number of esters is 1. The van der Waals surface area contributed by atoms with Crippen LogP contribution in [0.1, 0.15) is 42.3 Å². The molecule has 7 heteroatoms. The third-order valence-electron chi connectivity index (χ3n) is 4.01. The summed E-state index contributed by atoms with van der Waals surface area (Å²) in [6, 6.07) is 0. The van der Waals surface area contributed by atoms with Crippen molar-refractivity contribution in [2.45, 2.75) is 45.8 Å². The minimum absolute atomic E-state index is 0.000240. The summed E-state index contributed by atoms with van der Waals surface area (Å²) < 4.78 is 17.6. The Balaban J connectivity index is 2.01. The van der Waals surface area contributed by atoms with Crippen LogP contribution in [0.5, 0.6) is 0 Å². The highest BCUT2D eigenvalue weighted by Gasteiger charge is 2.24. The molecule has 1 aliphatic heterocycles. The van der Waals surface area contributed by atoms with E-state index in [1.165, 1.54) is 10.9 Å². The van der Waals surface area contributed by atoms with E-state index < -0.39 is 5.97 Å². The van der Waals surface area contributed by atoms with Crippen molar-refractivity contribution in [2.75, 3.05) is 13.2 Å². The van der Waals surface area contributed by atoms with Gasteiger partial charge in [-0.15, -0.1) is 0 Å². The Morgan fingerprint density at radius 2 is 2.30 bits per heavy atom. The molecular formula is C16H20N2O5. The Morgan fingerprint density at radius 3 is 3.00 bits per heavy atom. The molecule has 0 aromatic carbocycles. The summed E-state index contributed by atoms with van der Waals surface area (Å²) >= 11 is 0. The van der Waals surface area contributed by atoms with Crippen LogP contribution in [0.3, 0.4) is 0 Å². The van der Waals surface area contributed by atoms with E-state index in [1.54, 1.807) is 13.8 Å². The second-order valence-corrected chi connectivity index (χ2v) is 5.62. The molecule has 0 saturated carbocycles. The fourth-order valence-electron chi connectivity index (χ4n) is 2.89. The summed E-state index contributed by atoms with van der Waals surface area (Å²) in [5.74, 6) is -0.218. The number of ether oxygens (including phenoxy) is 2. The average molecular weight is 320 g/mol. The zero-order chi connectivity index (χ0) is 16.4. The number of aromatic nitrogens is 2. The largest absolute Gasteiger partial charge is 0.462 e. The van der Waals surface area contributed by atoms with Gasteiger partial charge >= 0.3 is 5.97 Å². The predicted octanol–water partition coefficient (Wildman–Crippen LogP) is 2.04. The number of furan rings is 1. The normalized spacial score (nSPS) is 18.3. The van der Waals surface area contributed by atoms with E-state index >= 15 is 0 Å². The first kappa shape index (κ1) is 15.7. The standard InChI is InChI=1S/C16H20N2O5/c1-3-21-16(20)12-10(2)23-14-13(12)15(19)18(9-17-14)8-11-6-4-5-7-22-11/h9,11H,3-8H2,1-2H3/t11-/m1/s1. The van der Waals surface area contributed by atoms with E-state index in [0.29, 0.717) is 18.9 Å². The van der Waals surface area contributed by atoms with E-state index in [1.807, 2.05) is 0 Å². The van der Waals surface area contributed by atoms with Crippen LogP contribution in [0.2, 0.25) is 0 Å². The van der Waals surface area contributed by atoms with Gasteiger partial charge in [0, 0.05) is 6.61 Å². The van der Waals surface area contributed by atoms with E-state index in [2.05, 4.69) is 4.98 Å². The van der Waals surface area contributed by atoms with Crippen molar-refractivity contribution >= 4 is 17.1 Å². The molecule has 0 unspecified atom stereocenters. The van der Waals surface area contributed by atoms with Crippen molar-refractivity contribution in [3.8, 4) is 0 Å². The Bertz CT molecular complexity index is 771. The number of hydrogen-bond acceptors (Lipinski definition) is 6. The van der Waals surface area contributed by atoms with Crippen LogP contribution in [0.4, 0.5) is 0 Å². The third kappa shape index (κ3) is 3.01. The summed E-state index contributed by atoms with van der Waals surface area (Å²) in [7, 11) is 0. The first-order valence-electron chi connectivity index (χ1n) is 7.89. The van der Waals surface area contributed by atoms with Gasteiger partial charge in [-0.05, 0) is 33.1 Å². The molecule has 0 aliphatic carbocycles. The number of carbonyl (C=O) groups excluding carboxylic acids is 1. The number of aryl methyl sites for hydroxylation is 1. The molecule has 1 fully saturated rings. The minimum Gasteiger partial charge on any atom is -0.462 e. The van der Waals surface area contributed by atoms with E-state index in [9.17, 15) is 9.59 Å². The summed E-state index contributed by atoms with van der Waals surface area (Å²) in [4.78, 5) is 29.0. The van der Waals surface area contributed by atoms with Crippen molar-refractivity contribution < 1.29 is 18.7 Å². The van der Waals surface area contributed by atoms with Crippen molar-refractivity contribution in [1.29, 1.82) is 0 Å². The molecule has 1 atom stereocenters. The first-order valence-corrected chi connectivity index (χ1v) is 7.89.